The lowest BCUT2D eigenvalue weighted by Gasteiger charge is -2.27. The highest BCUT2D eigenvalue weighted by molar-refractivity contribution is 5.76. The Morgan fingerprint density at radius 2 is 2.12 bits per heavy atom. The van der Waals surface area contributed by atoms with Crippen LogP contribution in [0.3, 0.4) is 0 Å². The van der Waals surface area contributed by atoms with Gasteiger partial charge in [0.25, 0.3) is 0 Å². The smallest absolute Gasteiger partial charge is 0.220 e. The van der Waals surface area contributed by atoms with Crippen molar-refractivity contribution in [2.75, 3.05) is 6.54 Å². The third kappa shape index (κ3) is 3.98. The summed E-state index contributed by atoms with van der Waals surface area (Å²) in [7, 11) is 0. The largest absolute Gasteiger partial charge is 0.352 e. The second kappa shape index (κ2) is 5.85. The van der Waals surface area contributed by atoms with Crippen molar-refractivity contribution >= 4 is 5.91 Å². The number of rotatable bonds is 5. The van der Waals surface area contributed by atoms with E-state index in [1.54, 1.807) is 0 Å². The summed E-state index contributed by atoms with van der Waals surface area (Å²) in [4.78, 5) is 12.0. The van der Waals surface area contributed by atoms with E-state index >= 15 is 0 Å². The van der Waals surface area contributed by atoms with Crippen LogP contribution in [0.15, 0.2) is 0 Å². The van der Waals surface area contributed by atoms with Crippen molar-refractivity contribution in [2.45, 2.75) is 57.9 Å². The number of nitrogens with two attached hydrogens (primary N) is 1. The number of hydrogen-bond acceptors (Lipinski definition) is 2. The molecule has 1 amide bonds. The van der Waals surface area contributed by atoms with E-state index in [1.165, 1.54) is 38.5 Å². The number of hydrogen-bond donors (Lipinski definition) is 2. The molecule has 0 spiro atoms. The van der Waals surface area contributed by atoms with Gasteiger partial charge in [0.1, 0.15) is 0 Å². The molecular formula is C14H26N2O. The highest BCUT2D eigenvalue weighted by Crippen LogP contribution is 2.33. The SMILES string of the molecule is CC1CCCC(CC(=O)NC(CN)C2CC2)C1. The first-order chi connectivity index (χ1) is 8.19. The number of amides is 1. The van der Waals surface area contributed by atoms with Gasteiger partial charge < -0.3 is 11.1 Å². The highest BCUT2D eigenvalue weighted by Gasteiger charge is 2.31. The van der Waals surface area contributed by atoms with E-state index in [9.17, 15) is 4.79 Å². The van der Waals surface area contributed by atoms with Gasteiger partial charge in [0, 0.05) is 19.0 Å². The summed E-state index contributed by atoms with van der Waals surface area (Å²) >= 11 is 0. The summed E-state index contributed by atoms with van der Waals surface area (Å²) in [6.45, 7) is 2.90. The van der Waals surface area contributed by atoms with E-state index in [1.807, 2.05) is 0 Å². The predicted octanol–water partition coefficient (Wildman–Crippen LogP) is 2.06. The van der Waals surface area contributed by atoms with E-state index in [0.717, 1.165) is 5.92 Å². The Kier molecular flexibility index (Phi) is 4.43. The molecule has 2 saturated carbocycles. The minimum atomic E-state index is 0.228. The zero-order valence-electron chi connectivity index (χ0n) is 11.0. The van der Waals surface area contributed by atoms with Gasteiger partial charge >= 0.3 is 0 Å². The lowest BCUT2D eigenvalue weighted by molar-refractivity contribution is -0.123. The highest BCUT2D eigenvalue weighted by atomic mass is 16.1. The van der Waals surface area contributed by atoms with Gasteiger partial charge in [0.2, 0.25) is 5.91 Å². The van der Waals surface area contributed by atoms with Crippen LogP contribution in [0.4, 0.5) is 0 Å². The third-order valence-electron chi connectivity index (χ3n) is 4.31. The molecule has 0 aliphatic heterocycles. The Hall–Kier alpha value is -0.570. The summed E-state index contributed by atoms with van der Waals surface area (Å²) in [5, 5.41) is 3.13. The molecule has 2 aliphatic rings. The third-order valence-corrected chi connectivity index (χ3v) is 4.31. The Morgan fingerprint density at radius 1 is 1.35 bits per heavy atom. The molecule has 0 radical (unpaired) electrons. The maximum atomic E-state index is 12.0. The summed E-state index contributed by atoms with van der Waals surface area (Å²) in [6, 6.07) is 0.239. The average molecular weight is 238 g/mol. The van der Waals surface area contributed by atoms with Crippen LogP contribution in [0.25, 0.3) is 0 Å². The van der Waals surface area contributed by atoms with Crippen molar-refractivity contribution in [3.05, 3.63) is 0 Å². The first kappa shape index (κ1) is 12.9. The van der Waals surface area contributed by atoms with Gasteiger partial charge in [-0.3, -0.25) is 4.79 Å². The maximum Gasteiger partial charge on any atom is 0.220 e. The van der Waals surface area contributed by atoms with Gasteiger partial charge in [0.15, 0.2) is 0 Å². The molecule has 0 aromatic heterocycles. The predicted molar refractivity (Wildman–Crippen MR) is 69.4 cm³/mol. The molecule has 0 heterocycles. The fourth-order valence-corrected chi connectivity index (χ4v) is 3.14. The summed E-state index contributed by atoms with van der Waals surface area (Å²) in [6.07, 6.45) is 8.28. The van der Waals surface area contributed by atoms with Crippen LogP contribution in [0.2, 0.25) is 0 Å². The molecule has 2 fully saturated rings. The molecule has 17 heavy (non-hydrogen) atoms. The van der Waals surface area contributed by atoms with Gasteiger partial charge in [-0.15, -0.1) is 0 Å². The number of carbonyl (C=O) groups excluding carboxylic acids is 1. The summed E-state index contributed by atoms with van der Waals surface area (Å²) < 4.78 is 0. The summed E-state index contributed by atoms with van der Waals surface area (Å²) in [5.74, 6) is 2.30. The van der Waals surface area contributed by atoms with Crippen LogP contribution >= 0.6 is 0 Å². The Morgan fingerprint density at radius 3 is 2.71 bits per heavy atom. The van der Waals surface area contributed by atoms with E-state index < -0.39 is 0 Å². The molecule has 2 rings (SSSR count). The van der Waals surface area contributed by atoms with Crippen LogP contribution < -0.4 is 11.1 Å². The number of carbonyl (C=O) groups is 1. The molecule has 0 saturated heterocycles. The van der Waals surface area contributed by atoms with Gasteiger partial charge in [-0.2, -0.15) is 0 Å². The lowest BCUT2D eigenvalue weighted by atomic mass is 9.80. The van der Waals surface area contributed by atoms with Crippen LogP contribution in [-0.2, 0) is 4.79 Å². The van der Waals surface area contributed by atoms with Crippen molar-refractivity contribution in [2.24, 2.45) is 23.5 Å². The fourth-order valence-electron chi connectivity index (χ4n) is 3.14. The second-order valence-corrected chi connectivity index (χ2v) is 6.09. The molecule has 98 valence electrons. The van der Waals surface area contributed by atoms with Crippen LogP contribution in [0.5, 0.6) is 0 Å². The second-order valence-electron chi connectivity index (χ2n) is 6.09. The lowest BCUT2D eigenvalue weighted by Crippen LogP contribution is -2.42. The first-order valence-electron chi connectivity index (χ1n) is 7.18. The van der Waals surface area contributed by atoms with Crippen molar-refractivity contribution in [3.8, 4) is 0 Å². The summed E-state index contributed by atoms with van der Waals surface area (Å²) in [5.41, 5.74) is 5.70. The zero-order valence-corrected chi connectivity index (χ0v) is 11.0. The fraction of sp³-hybridized carbons (Fsp3) is 0.929. The maximum absolute atomic E-state index is 12.0. The van der Waals surface area contributed by atoms with Gasteiger partial charge in [0.05, 0.1) is 0 Å². The topological polar surface area (TPSA) is 55.1 Å². The minimum Gasteiger partial charge on any atom is -0.352 e. The van der Waals surface area contributed by atoms with Gasteiger partial charge in [-0.05, 0) is 43.4 Å². The molecule has 0 aromatic carbocycles. The molecular weight excluding hydrogens is 212 g/mol. The van der Waals surface area contributed by atoms with Crippen LogP contribution in [-0.4, -0.2) is 18.5 Å². The average Bonchev–Trinajstić information content (AvgIpc) is 3.09. The molecule has 0 bridgehead atoms. The van der Waals surface area contributed by atoms with Crippen molar-refractivity contribution in [1.82, 2.24) is 5.32 Å². The van der Waals surface area contributed by atoms with E-state index in [-0.39, 0.29) is 11.9 Å². The Balaban J connectivity index is 1.72. The number of nitrogens with one attached hydrogen (secondary N) is 1. The zero-order chi connectivity index (χ0) is 12.3. The Bertz CT molecular complexity index is 263. The van der Waals surface area contributed by atoms with Crippen molar-refractivity contribution in [3.63, 3.8) is 0 Å². The molecule has 3 atom stereocenters. The van der Waals surface area contributed by atoms with Gasteiger partial charge in [-0.25, -0.2) is 0 Å². The standard InChI is InChI=1S/C14H26N2O/c1-10-3-2-4-11(7-10)8-14(17)16-13(9-15)12-5-6-12/h10-13H,2-9,15H2,1H3,(H,16,17). The van der Waals surface area contributed by atoms with E-state index in [0.29, 0.717) is 24.8 Å². The molecule has 2 aliphatic carbocycles. The monoisotopic (exact) mass is 238 g/mol. The van der Waals surface area contributed by atoms with E-state index in [4.69, 9.17) is 5.73 Å². The van der Waals surface area contributed by atoms with Crippen molar-refractivity contribution < 1.29 is 4.79 Å². The molecule has 3 nitrogen and oxygen atoms in total. The quantitative estimate of drug-likeness (QED) is 0.770. The first-order valence-corrected chi connectivity index (χ1v) is 7.18. The normalized spacial score (nSPS) is 30.9. The Labute approximate surface area is 105 Å². The molecule has 3 heteroatoms. The molecule has 3 N–H and O–H groups in total. The molecule has 3 unspecified atom stereocenters. The van der Waals surface area contributed by atoms with Gasteiger partial charge in [-0.1, -0.05) is 19.8 Å². The van der Waals surface area contributed by atoms with Crippen LogP contribution in [0.1, 0.15) is 51.9 Å². The molecule has 0 aromatic rings. The van der Waals surface area contributed by atoms with Crippen molar-refractivity contribution in [1.29, 1.82) is 0 Å². The van der Waals surface area contributed by atoms with Crippen LogP contribution in [0, 0.1) is 17.8 Å². The minimum absolute atomic E-state index is 0.228. The van der Waals surface area contributed by atoms with E-state index in [2.05, 4.69) is 12.2 Å².